The largest absolute Gasteiger partial charge is 0.497 e. The summed E-state index contributed by atoms with van der Waals surface area (Å²) < 4.78 is 18.6. The highest BCUT2D eigenvalue weighted by Crippen LogP contribution is 2.37. The Balaban J connectivity index is 1.97. The number of rotatable bonds is 5. The molecule has 1 aliphatic carbocycles. The van der Waals surface area contributed by atoms with Crippen LogP contribution in [0.1, 0.15) is 24.0 Å². The number of allylic oxidation sites excluding steroid dienone is 2. The molecule has 26 heavy (non-hydrogen) atoms. The normalized spacial score (nSPS) is 18.9. The first-order valence-corrected chi connectivity index (χ1v) is 9.02. The van der Waals surface area contributed by atoms with Crippen molar-refractivity contribution < 1.29 is 9.13 Å². The molecule has 1 atom stereocenters. The van der Waals surface area contributed by atoms with Crippen molar-refractivity contribution in [3.05, 3.63) is 77.1 Å². The molecule has 0 aliphatic heterocycles. The molecule has 2 nitrogen and oxygen atoms in total. The van der Waals surface area contributed by atoms with Crippen LogP contribution in [0.15, 0.2) is 60.2 Å². The van der Waals surface area contributed by atoms with Crippen molar-refractivity contribution in [3.8, 4) is 5.75 Å². The number of hydrogen-bond donors (Lipinski definition) is 0. The molecule has 0 spiro atoms. The molecule has 3 heteroatoms. The number of nitrogens with zero attached hydrogens (tertiary/aromatic N) is 1. The van der Waals surface area contributed by atoms with Gasteiger partial charge in [0, 0.05) is 6.54 Å². The molecular weight excluding hydrogens is 325 g/mol. The Hall–Kier alpha value is -2.39. The van der Waals surface area contributed by atoms with Crippen LogP contribution in [0.25, 0.3) is 11.6 Å². The van der Waals surface area contributed by atoms with Crippen LogP contribution >= 0.6 is 0 Å². The number of hydrogen-bond acceptors (Lipinski definition) is 2. The smallest absolute Gasteiger partial charge is 0.123 e. The van der Waals surface area contributed by atoms with Gasteiger partial charge in [0.25, 0.3) is 0 Å². The summed E-state index contributed by atoms with van der Waals surface area (Å²) in [4.78, 5) is 2.24. The molecule has 0 saturated carbocycles. The minimum Gasteiger partial charge on any atom is -0.497 e. The minimum absolute atomic E-state index is 0.200. The van der Waals surface area contributed by atoms with Crippen LogP contribution in [0.3, 0.4) is 0 Å². The van der Waals surface area contributed by atoms with Crippen molar-refractivity contribution in [2.75, 3.05) is 27.7 Å². The minimum atomic E-state index is -0.200. The molecule has 3 rings (SSSR count). The van der Waals surface area contributed by atoms with Gasteiger partial charge in [-0.15, -0.1) is 0 Å². The van der Waals surface area contributed by atoms with Gasteiger partial charge in [0.1, 0.15) is 11.6 Å². The zero-order valence-electron chi connectivity index (χ0n) is 15.7. The van der Waals surface area contributed by atoms with E-state index < -0.39 is 0 Å². The van der Waals surface area contributed by atoms with E-state index in [0.29, 0.717) is 5.92 Å². The molecule has 0 amide bonds. The highest BCUT2D eigenvalue weighted by molar-refractivity contribution is 5.74. The maximum Gasteiger partial charge on any atom is 0.123 e. The lowest BCUT2D eigenvalue weighted by Crippen LogP contribution is -2.24. The lowest BCUT2D eigenvalue weighted by molar-refractivity contribution is 0.352. The van der Waals surface area contributed by atoms with Crippen LogP contribution in [0.4, 0.5) is 4.39 Å². The Labute approximate surface area is 155 Å². The monoisotopic (exact) mass is 351 g/mol. The maximum atomic E-state index is 13.1. The molecule has 2 aromatic carbocycles. The van der Waals surface area contributed by atoms with Gasteiger partial charge in [-0.1, -0.05) is 36.4 Å². The second-order valence-electron chi connectivity index (χ2n) is 7.10. The van der Waals surface area contributed by atoms with Crippen molar-refractivity contribution in [2.24, 2.45) is 5.92 Å². The van der Waals surface area contributed by atoms with Gasteiger partial charge in [-0.05, 0) is 79.4 Å². The Kier molecular flexibility index (Phi) is 5.89. The summed E-state index contributed by atoms with van der Waals surface area (Å²) in [7, 11) is 5.94. The third-order valence-electron chi connectivity index (χ3n) is 4.77. The van der Waals surface area contributed by atoms with Crippen LogP contribution < -0.4 is 4.74 Å². The van der Waals surface area contributed by atoms with Gasteiger partial charge < -0.3 is 9.64 Å². The van der Waals surface area contributed by atoms with Gasteiger partial charge in [0.15, 0.2) is 0 Å². The third kappa shape index (κ3) is 4.61. The van der Waals surface area contributed by atoms with Crippen molar-refractivity contribution in [2.45, 2.75) is 12.8 Å². The van der Waals surface area contributed by atoms with Gasteiger partial charge in [0.05, 0.1) is 7.11 Å². The SMILES string of the molecule is COc1cccc(C2=C/C(=C/c3ccc(F)cc3)CC[C@@H]2CN(C)C)c1. The van der Waals surface area contributed by atoms with Gasteiger partial charge in [-0.3, -0.25) is 0 Å². The molecule has 0 bridgehead atoms. The summed E-state index contributed by atoms with van der Waals surface area (Å²) in [6.07, 6.45) is 6.60. The number of methoxy groups -OCH3 is 1. The van der Waals surface area contributed by atoms with Crippen molar-refractivity contribution in [3.63, 3.8) is 0 Å². The van der Waals surface area contributed by atoms with Gasteiger partial charge in [-0.25, -0.2) is 4.39 Å². The van der Waals surface area contributed by atoms with E-state index in [-0.39, 0.29) is 5.82 Å². The molecule has 0 aromatic heterocycles. The van der Waals surface area contributed by atoms with Crippen LogP contribution in [0.2, 0.25) is 0 Å². The van der Waals surface area contributed by atoms with E-state index in [1.807, 2.05) is 24.3 Å². The fraction of sp³-hybridized carbons (Fsp3) is 0.304. The highest BCUT2D eigenvalue weighted by Gasteiger charge is 2.22. The average molecular weight is 351 g/mol. The third-order valence-corrected chi connectivity index (χ3v) is 4.77. The summed E-state index contributed by atoms with van der Waals surface area (Å²) in [5.41, 5.74) is 4.87. The van der Waals surface area contributed by atoms with E-state index in [9.17, 15) is 4.39 Å². The molecule has 0 unspecified atom stereocenters. The Morgan fingerprint density at radius 2 is 1.92 bits per heavy atom. The van der Waals surface area contributed by atoms with E-state index >= 15 is 0 Å². The second kappa shape index (κ2) is 8.33. The predicted octanol–water partition coefficient (Wildman–Crippen LogP) is 5.27. The molecule has 136 valence electrons. The summed E-state index contributed by atoms with van der Waals surface area (Å²) >= 11 is 0. The second-order valence-corrected chi connectivity index (χ2v) is 7.10. The topological polar surface area (TPSA) is 12.5 Å². The van der Waals surface area contributed by atoms with Crippen molar-refractivity contribution >= 4 is 11.6 Å². The van der Waals surface area contributed by atoms with Gasteiger partial charge in [-0.2, -0.15) is 0 Å². The van der Waals surface area contributed by atoms with Crippen LogP contribution in [-0.4, -0.2) is 32.6 Å². The molecule has 0 heterocycles. The molecule has 0 fully saturated rings. The van der Waals surface area contributed by atoms with Crippen molar-refractivity contribution in [1.29, 1.82) is 0 Å². The van der Waals surface area contributed by atoms with Crippen LogP contribution in [-0.2, 0) is 0 Å². The molecule has 0 saturated heterocycles. The fourth-order valence-electron chi connectivity index (χ4n) is 3.53. The zero-order chi connectivity index (χ0) is 18.5. The van der Waals surface area contributed by atoms with Crippen LogP contribution in [0, 0.1) is 11.7 Å². The fourth-order valence-corrected chi connectivity index (χ4v) is 3.53. The van der Waals surface area contributed by atoms with E-state index in [1.165, 1.54) is 28.8 Å². The Morgan fingerprint density at radius 3 is 2.62 bits per heavy atom. The van der Waals surface area contributed by atoms with Crippen molar-refractivity contribution in [1.82, 2.24) is 4.90 Å². The Morgan fingerprint density at radius 1 is 1.15 bits per heavy atom. The first-order valence-electron chi connectivity index (χ1n) is 9.02. The van der Waals surface area contributed by atoms with E-state index in [1.54, 1.807) is 7.11 Å². The van der Waals surface area contributed by atoms with Gasteiger partial charge in [0.2, 0.25) is 0 Å². The predicted molar refractivity (Wildman–Crippen MR) is 107 cm³/mol. The molecule has 2 aromatic rings. The number of benzene rings is 2. The average Bonchev–Trinajstić information content (AvgIpc) is 2.64. The van der Waals surface area contributed by atoms with E-state index in [4.69, 9.17) is 4.74 Å². The first-order chi connectivity index (χ1) is 12.5. The molecule has 0 radical (unpaired) electrons. The maximum absolute atomic E-state index is 13.1. The molecular formula is C23H26FNO. The Bertz CT molecular complexity index is 805. The molecule has 0 N–H and O–H groups in total. The standard InChI is InChI=1S/C23H26FNO/c1-25(2)16-20-10-7-18(13-17-8-11-21(24)12-9-17)14-23(20)19-5-4-6-22(15-19)26-3/h4-6,8-9,11-15,20H,7,10,16H2,1-3H3/b18-13+/t20-/m1/s1. The molecule has 1 aliphatic rings. The van der Waals surface area contributed by atoms with E-state index in [2.05, 4.69) is 43.3 Å². The summed E-state index contributed by atoms with van der Waals surface area (Å²) in [5, 5.41) is 0. The number of halogens is 1. The first kappa shape index (κ1) is 18.4. The number of ether oxygens (including phenoxy) is 1. The van der Waals surface area contributed by atoms with Crippen LogP contribution in [0.5, 0.6) is 5.75 Å². The lowest BCUT2D eigenvalue weighted by atomic mass is 9.81. The summed E-state index contributed by atoms with van der Waals surface area (Å²) in [6.45, 7) is 1.02. The summed E-state index contributed by atoms with van der Waals surface area (Å²) in [5.74, 6) is 1.17. The van der Waals surface area contributed by atoms with Gasteiger partial charge >= 0.3 is 0 Å². The van der Waals surface area contributed by atoms with E-state index in [0.717, 1.165) is 30.7 Å². The summed E-state index contributed by atoms with van der Waals surface area (Å²) in [6, 6.07) is 14.9. The lowest BCUT2D eigenvalue weighted by Gasteiger charge is -2.28. The zero-order valence-corrected chi connectivity index (χ0v) is 15.7. The quantitative estimate of drug-likeness (QED) is 0.727. The highest BCUT2D eigenvalue weighted by atomic mass is 19.1.